The predicted octanol–water partition coefficient (Wildman–Crippen LogP) is 3.57. The Balaban J connectivity index is 2.63. The highest BCUT2D eigenvalue weighted by molar-refractivity contribution is 7.52. The van der Waals surface area contributed by atoms with Gasteiger partial charge in [0.15, 0.2) is 0 Å². The Morgan fingerprint density at radius 3 is 2.21 bits per heavy atom. The van der Waals surface area contributed by atoms with Crippen LogP contribution in [0, 0.1) is 13.8 Å². The van der Waals surface area contributed by atoms with E-state index in [2.05, 4.69) is 0 Å². The van der Waals surface area contributed by atoms with Crippen LogP contribution in [-0.4, -0.2) is 9.79 Å². The lowest BCUT2D eigenvalue weighted by atomic mass is 9.98. The lowest BCUT2D eigenvalue weighted by molar-refractivity contribution is 0.364. The lowest BCUT2D eigenvalue weighted by Gasteiger charge is -2.21. The first-order chi connectivity index (χ1) is 8.89. The maximum absolute atomic E-state index is 11.9. The van der Waals surface area contributed by atoms with Crippen molar-refractivity contribution in [3.63, 3.8) is 0 Å². The van der Waals surface area contributed by atoms with Gasteiger partial charge in [0.2, 0.25) is 0 Å². The van der Waals surface area contributed by atoms with Gasteiger partial charge in [-0.05, 0) is 30.5 Å². The Morgan fingerprint density at radius 2 is 1.63 bits per heavy atom. The maximum Gasteiger partial charge on any atom is 0.337 e. The first-order valence-electron chi connectivity index (χ1n) is 6.07. The highest BCUT2D eigenvalue weighted by Crippen LogP contribution is 2.56. The van der Waals surface area contributed by atoms with Crippen molar-refractivity contribution in [1.29, 1.82) is 0 Å². The Morgan fingerprint density at radius 1 is 1.00 bits per heavy atom. The fraction of sp³-hybridized carbons (Fsp3) is 0.200. The molecule has 0 fully saturated rings. The van der Waals surface area contributed by atoms with Crippen LogP contribution in [0.5, 0.6) is 0 Å². The van der Waals surface area contributed by atoms with Crippen molar-refractivity contribution in [1.82, 2.24) is 0 Å². The summed E-state index contributed by atoms with van der Waals surface area (Å²) in [4.78, 5) is 19.4. The Kier molecular flexibility index (Phi) is 3.91. The molecule has 0 amide bonds. The molecule has 0 aliphatic rings. The molecule has 0 aromatic heterocycles. The average Bonchev–Trinajstić information content (AvgIpc) is 2.33. The molecule has 0 saturated carbocycles. The minimum Gasteiger partial charge on any atom is -0.324 e. The van der Waals surface area contributed by atoms with Crippen LogP contribution in [0.4, 0.5) is 0 Å². The Labute approximate surface area is 113 Å². The minimum atomic E-state index is -4.27. The molecule has 0 radical (unpaired) electrons. The van der Waals surface area contributed by atoms with Crippen molar-refractivity contribution in [2.24, 2.45) is 0 Å². The van der Waals surface area contributed by atoms with Gasteiger partial charge in [0.1, 0.15) is 5.66 Å². The summed E-state index contributed by atoms with van der Waals surface area (Å²) < 4.78 is 11.9. The van der Waals surface area contributed by atoms with E-state index in [1.807, 2.05) is 38.1 Å². The van der Waals surface area contributed by atoms with E-state index in [-0.39, 0.29) is 0 Å². The molecule has 1 unspecified atom stereocenters. The van der Waals surface area contributed by atoms with Crippen LogP contribution in [0.2, 0.25) is 0 Å². The topological polar surface area (TPSA) is 57.5 Å². The SMILES string of the molecule is Cc1ccc(C)c(C(c2ccccc2)P(=O)(O)O)c1. The summed E-state index contributed by atoms with van der Waals surface area (Å²) >= 11 is 0. The van der Waals surface area contributed by atoms with E-state index in [1.54, 1.807) is 24.3 Å². The molecule has 1 atom stereocenters. The van der Waals surface area contributed by atoms with Crippen LogP contribution >= 0.6 is 7.60 Å². The number of hydrogen-bond donors (Lipinski definition) is 2. The van der Waals surface area contributed by atoms with Crippen molar-refractivity contribution in [2.75, 3.05) is 0 Å². The predicted molar refractivity (Wildman–Crippen MR) is 76.2 cm³/mol. The smallest absolute Gasteiger partial charge is 0.324 e. The third-order valence-electron chi connectivity index (χ3n) is 3.18. The molecule has 0 bridgehead atoms. The van der Waals surface area contributed by atoms with E-state index in [9.17, 15) is 14.4 Å². The molecular weight excluding hydrogens is 259 g/mol. The summed E-state index contributed by atoms with van der Waals surface area (Å²) in [5.74, 6) is 0. The Bertz CT molecular complexity index is 617. The van der Waals surface area contributed by atoms with Gasteiger partial charge in [0, 0.05) is 0 Å². The fourth-order valence-electron chi connectivity index (χ4n) is 2.24. The van der Waals surface area contributed by atoms with Crippen molar-refractivity contribution < 1.29 is 14.4 Å². The molecule has 0 aliphatic heterocycles. The highest BCUT2D eigenvalue weighted by Gasteiger charge is 2.32. The van der Waals surface area contributed by atoms with E-state index in [4.69, 9.17) is 0 Å². The lowest BCUT2D eigenvalue weighted by Crippen LogP contribution is -2.04. The highest BCUT2D eigenvalue weighted by atomic mass is 31.2. The quantitative estimate of drug-likeness (QED) is 0.842. The molecule has 2 aromatic rings. The van der Waals surface area contributed by atoms with Gasteiger partial charge in [-0.1, -0.05) is 54.1 Å². The molecule has 2 N–H and O–H groups in total. The molecule has 19 heavy (non-hydrogen) atoms. The maximum atomic E-state index is 11.9. The van der Waals surface area contributed by atoms with E-state index in [0.717, 1.165) is 11.1 Å². The molecule has 0 heterocycles. The minimum absolute atomic E-state index is 0.643. The fourth-order valence-corrected chi connectivity index (χ4v) is 3.45. The summed E-state index contributed by atoms with van der Waals surface area (Å²) in [6.45, 7) is 3.80. The monoisotopic (exact) mass is 276 g/mol. The van der Waals surface area contributed by atoms with Gasteiger partial charge in [-0.25, -0.2) is 0 Å². The summed E-state index contributed by atoms with van der Waals surface area (Å²) in [5, 5.41) is 0. The van der Waals surface area contributed by atoms with Crippen LogP contribution in [0.3, 0.4) is 0 Å². The second kappa shape index (κ2) is 5.30. The number of rotatable bonds is 3. The third-order valence-corrected chi connectivity index (χ3v) is 4.43. The van der Waals surface area contributed by atoms with Gasteiger partial charge in [0.05, 0.1) is 0 Å². The molecule has 2 rings (SSSR count). The summed E-state index contributed by atoms with van der Waals surface area (Å²) in [6.07, 6.45) is 0. The summed E-state index contributed by atoms with van der Waals surface area (Å²) in [6, 6.07) is 14.6. The Hall–Kier alpha value is -1.41. The van der Waals surface area contributed by atoms with Crippen LogP contribution < -0.4 is 0 Å². The first kappa shape index (κ1) is 14.0. The van der Waals surface area contributed by atoms with Gasteiger partial charge in [-0.3, -0.25) is 4.57 Å². The zero-order chi connectivity index (χ0) is 14.0. The van der Waals surface area contributed by atoms with Gasteiger partial charge in [0.25, 0.3) is 0 Å². The van der Waals surface area contributed by atoms with Crippen LogP contribution in [0.15, 0.2) is 48.5 Å². The van der Waals surface area contributed by atoms with Crippen LogP contribution in [0.1, 0.15) is 27.9 Å². The molecular formula is C15H17O3P. The summed E-state index contributed by atoms with van der Waals surface area (Å²) in [7, 11) is -4.27. The third kappa shape index (κ3) is 3.13. The molecule has 3 nitrogen and oxygen atoms in total. The molecule has 4 heteroatoms. The van der Waals surface area contributed by atoms with Gasteiger partial charge in [-0.2, -0.15) is 0 Å². The summed E-state index contributed by atoms with van der Waals surface area (Å²) in [5.41, 5.74) is 2.33. The first-order valence-corrected chi connectivity index (χ1v) is 7.75. The second-order valence-electron chi connectivity index (χ2n) is 4.76. The van der Waals surface area contributed by atoms with E-state index < -0.39 is 13.3 Å². The molecule has 2 aromatic carbocycles. The van der Waals surface area contributed by atoms with E-state index >= 15 is 0 Å². The van der Waals surface area contributed by atoms with Gasteiger partial charge >= 0.3 is 7.60 Å². The zero-order valence-electron chi connectivity index (χ0n) is 10.9. The van der Waals surface area contributed by atoms with E-state index in [1.165, 1.54) is 0 Å². The second-order valence-corrected chi connectivity index (χ2v) is 6.46. The van der Waals surface area contributed by atoms with Crippen LogP contribution in [-0.2, 0) is 4.57 Å². The average molecular weight is 276 g/mol. The van der Waals surface area contributed by atoms with Crippen molar-refractivity contribution in [2.45, 2.75) is 19.5 Å². The molecule has 0 spiro atoms. The van der Waals surface area contributed by atoms with Crippen molar-refractivity contribution in [3.8, 4) is 0 Å². The number of hydrogen-bond acceptors (Lipinski definition) is 1. The van der Waals surface area contributed by atoms with Gasteiger partial charge in [-0.15, -0.1) is 0 Å². The van der Waals surface area contributed by atoms with Gasteiger partial charge < -0.3 is 9.79 Å². The number of aryl methyl sites for hydroxylation is 2. The van der Waals surface area contributed by atoms with E-state index in [0.29, 0.717) is 11.1 Å². The molecule has 0 saturated heterocycles. The standard InChI is InChI=1S/C15H17O3P/c1-11-8-9-12(2)14(10-11)15(19(16,17)18)13-6-4-3-5-7-13/h3-10,15H,1-2H3,(H2,16,17,18). The van der Waals surface area contributed by atoms with Crippen molar-refractivity contribution >= 4 is 7.60 Å². The molecule has 100 valence electrons. The number of benzene rings is 2. The molecule has 0 aliphatic carbocycles. The van der Waals surface area contributed by atoms with Crippen LogP contribution in [0.25, 0.3) is 0 Å². The zero-order valence-corrected chi connectivity index (χ0v) is 11.8. The largest absolute Gasteiger partial charge is 0.337 e. The normalized spacial score (nSPS) is 13.3. The van der Waals surface area contributed by atoms with Crippen molar-refractivity contribution in [3.05, 3.63) is 70.8 Å².